The lowest BCUT2D eigenvalue weighted by Crippen LogP contribution is -2.40. The number of halogens is 1. The highest BCUT2D eigenvalue weighted by atomic mass is 35.7. The summed E-state index contributed by atoms with van der Waals surface area (Å²) in [5, 5.41) is 2.87. The van der Waals surface area contributed by atoms with E-state index in [9.17, 15) is 13.2 Å². The molecule has 2 rings (SSSR count). The van der Waals surface area contributed by atoms with Crippen LogP contribution in [0.4, 0.5) is 0 Å². The highest BCUT2D eigenvalue weighted by molar-refractivity contribution is 8.13. The third-order valence-corrected chi connectivity index (χ3v) is 4.80. The fraction of sp³-hybridized carbons (Fsp3) is 0.462. The van der Waals surface area contributed by atoms with Gasteiger partial charge in [-0.05, 0) is 37.5 Å². The molecule has 0 bridgehead atoms. The molecule has 1 fully saturated rings. The maximum Gasteiger partial charge on any atom is 0.261 e. The Morgan fingerprint density at radius 2 is 2.15 bits per heavy atom. The summed E-state index contributed by atoms with van der Waals surface area (Å²) in [7, 11) is 3.06. The molecular weight excluding hydrogens is 302 g/mol. The summed E-state index contributed by atoms with van der Waals surface area (Å²) in [6.45, 7) is 0. The Balaban J connectivity index is 2.14. The van der Waals surface area contributed by atoms with Gasteiger partial charge in [-0.1, -0.05) is 6.07 Å². The summed E-state index contributed by atoms with van der Waals surface area (Å²) in [5.41, 5.74) is 0.272. The zero-order chi connectivity index (χ0) is 14.8. The lowest BCUT2D eigenvalue weighted by Gasteiger charge is -2.19. The number of hydrogen-bond donors (Lipinski definition) is 1. The Labute approximate surface area is 122 Å². The molecule has 1 N–H and O–H groups in total. The highest BCUT2D eigenvalue weighted by Gasteiger charge is 2.28. The number of carbonyl (C=O) groups is 1. The Hall–Kier alpha value is -1.11. The Morgan fingerprint density at radius 3 is 2.80 bits per heavy atom. The molecule has 1 aromatic rings. The van der Waals surface area contributed by atoms with Crippen LogP contribution in [0, 0.1) is 0 Å². The minimum Gasteiger partial charge on any atom is -0.379 e. The van der Waals surface area contributed by atoms with E-state index in [1.807, 2.05) is 0 Å². The Morgan fingerprint density at radius 1 is 1.40 bits per heavy atom. The summed E-state index contributed by atoms with van der Waals surface area (Å²) in [5.74, 6) is -0.318. The SMILES string of the molecule is COC1CCCC1NC(=O)c1cccc(S(=O)(=O)Cl)c1. The van der Waals surface area contributed by atoms with Crippen molar-refractivity contribution in [2.24, 2.45) is 0 Å². The second kappa shape index (κ2) is 6.11. The molecule has 0 radical (unpaired) electrons. The molecule has 2 unspecified atom stereocenters. The minimum absolute atomic E-state index is 0.0129. The van der Waals surface area contributed by atoms with E-state index in [-0.39, 0.29) is 28.5 Å². The molecule has 110 valence electrons. The van der Waals surface area contributed by atoms with Crippen LogP contribution in [-0.4, -0.2) is 33.6 Å². The maximum atomic E-state index is 12.1. The molecular formula is C13H16ClNO4S. The van der Waals surface area contributed by atoms with Gasteiger partial charge in [-0.3, -0.25) is 4.79 Å². The second-order valence-corrected chi connectivity index (χ2v) is 7.32. The van der Waals surface area contributed by atoms with E-state index in [1.54, 1.807) is 13.2 Å². The number of carbonyl (C=O) groups excluding carboxylic acids is 1. The molecule has 1 aliphatic rings. The zero-order valence-electron chi connectivity index (χ0n) is 11.0. The number of ether oxygens (including phenoxy) is 1. The fourth-order valence-electron chi connectivity index (χ4n) is 2.41. The molecule has 0 spiro atoms. The average Bonchev–Trinajstić information content (AvgIpc) is 2.85. The van der Waals surface area contributed by atoms with Crippen molar-refractivity contribution in [1.29, 1.82) is 0 Å². The molecule has 1 saturated carbocycles. The molecule has 2 atom stereocenters. The van der Waals surface area contributed by atoms with Gasteiger partial charge in [0.25, 0.3) is 15.0 Å². The van der Waals surface area contributed by atoms with Crippen molar-refractivity contribution in [3.05, 3.63) is 29.8 Å². The summed E-state index contributed by atoms with van der Waals surface area (Å²) in [6, 6.07) is 5.63. The molecule has 1 aliphatic carbocycles. The van der Waals surface area contributed by atoms with Gasteiger partial charge in [0.05, 0.1) is 17.0 Å². The molecule has 20 heavy (non-hydrogen) atoms. The first-order valence-electron chi connectivity index (χ1n) is 6.30. The van der Waals surface area contributed by atoms with Crippen LogP contribution in [0.2, 0.25) is 0 Å². The van der Waals surface area contributed by atoms with E-state index >= 15 is 0 Å². The van der Waals surface area contributed by atoms with Gasteiger partial charge in [-0.25, -0.2) is 8.42 Å². The first-order chi connectivity index (χ1) is 9.41. The van der Waals surface area contributed by atoms with Crippen molar-refractivity contribution in [1.82, 2.24) is 5.32 Å². The standard InChI is InChI=1S/C13H16ClNO4S/c1-19-12-7-3-6-11(12)15-13(16)9-4-2-5-10(8-9)20(14,17)18/h2,4-5,8,11-12H,3,6-7H2,1H3,(H,15,16). The van der Waals surface area contributed by atoms with E-state index in [4.69, 9.17) is 15.4 Å². The minimum atomic E-state index is -3.83. The summed E-state index contributed by atoms with van der Waals surface area (Å²) >= 11 is 0. The fourth-order valence-corrected chi connectivity index (χ4v) is 3.21. The smallest absolute Gasteiger partial charge is 0.261 e. The van der Waals surface area contributed by atoms with E-state index in [0.717, 1.165) is 19.3 Å². The Bertz CT molecular complexity index is 602. The van der Waals surface area contributed by atoms with Crippen molar-refractivity contribution < 1.29 is 17.9 Å². The van der Waals surface area contributed by atoms with Crippen LogP contribution in [-0.2, 0) is 13.8 Å². The molecule has 5 nitrogen and oxygen atoms in total. The van der Waals surface area contributed by atoms with Crippen LogP contribution < -0.4 is 5.32 Å². The first kappa shape index (κ1) is 15.3. The topological polar surface area (TPSA) is 72.5 Å². The van der Waals surface area contributed by atoms with Crippen LogP contribution in [0.15, 0.2) is 29.2 Å². The molecule has 1 amide bonds. The largest absolute Gasteiger partial charge is 0.379 e. The van der Waals surface area contributed by atoms with Crippen molar-refractivity contribution in [2.75, 3.05) is 7.11 Å². The third-order valence-electron chi connectivity index (χ3n) is 3.45. The monoisotopic (exact) mass is 317 g/mol. The van der Waals surface area contributed by atoms with Gasteiger partial charge in [0.2, 0.25) is 0 Å². The molecule has 0 saturated heterocycles. The van der Waals surface area contributed by atoms with Gasteiger partial charge in [0.1, 0.15) is 0 Å². The van der Waals surface area contributed by atoms with E-state index in [0.29, 0.717) is 0 Å². The molecule has 0 aliphatic heterocycles. The summed E-state index contributed by atoms with van der Waals surface area (Å²) in [6.07, 6.45) is 2.79. The van der Waals surface area contributed by atoms with Gasteiger partial charge in [-0.15, -0.1) is 0 Å². The van der Waals surface area contributed by atoms with Crippen LogP contribution in [0.25, 0.3) is 0 Å². The van der Waals surface area contributed by atoms with E-state index in [1.165, 1.54) is 18.2 Å². The van der Waals surface area contributed by atoms with Crippen molar-refractivity contribution in [2.45, 2.75) is 36.3 Å². The van der Waals surface area contributed by atoms with E-state index in [2.05, 4.69) is 5.32 Å². The zero-order valence-corrected chi connectivity index (χ0v) is 12.6. The van der Waals surface area contributed by atoms with E-state index < -0.39 is 9.05 Å². The van der Waals surface area contributed by atoms with Crippen molar-refractivity contribution >= 4 is 25.6 Å². The predicted molar refractivity (Wildman–Crippen MR) is 75.4 cm³/mol. The summed E-state index contributed by atoms with van der Waals surface area (Å²) < 4.78 is 27.8. The van der Waals surface area contributed by atoms with Gasteiger partial charge >= 0.3 is 0 Å². The first-order valence-corrected chi connectivity index (χ1v) is 8.61. The number of nitrogens with one attached hydrogen (secondary N) is 1. The normalized spacial score (nSPS) is 22.7. The van der Waals surface area contributed by atoms with Gasteiger partial charge in [0.15, 0.2) is 0 Å². The molecule has 1 aromatic carbocycles. The second-order valence-electron chi connectivity index (χ2n) is 4.75. The third kappa shape index (κ3) is 3.50. The van der Waals surface area contributed by atoms with Gasteiger partial charge in [-0.2, -0.15) is 0 Å². The summed E-state index contributed by atoms with van der Waals surface area (Å²) in [4.78, 5) is 12.1. The molecule has 0 heterocycles. The van der Waals surface area contributed by atoms with Crippen LogP contribution in [0.1, 0.15) is 29.6 Å². The molecule has 0 aromatic heterocycles. The van der Waals surface area contributed by atoms with Crippen LogP contribution in [0.3, 0.4) is 0 Å². The van der Waals surface area contributed by atoms with Crippen LogP contribution in [0.5, 0.6) is 0 Å². The lowest BCUT2D eigenvalue weighted by atomic mass is 10.1. The lowest BCUT2D eigenvalue weighted by molar-refractivity contribution is 0.0722. The Kier molecular flexibility index (Phi) is 4.67. The quantitative estimate of drug-likeness (QED) is 0.861. The number of hydrogen-bond acceptors (Lipinski definition) is 4. The van der Waals surface area contributed by atoms with Crippen molar-refractivity contribution in [3.63, 3.8) is 0 Å². The highest BCUT2D eigenvalue weighted by Crippen LogP contribution is 2.22. The average molecular weight is 318 g/mol. The van der Waals surface area contributed by atoms with Crippen molar-refractivity contribution in [3.8, 4) is 0 Å². The van der Waals surface area contributed by atoms with Crippen LogP contribution >= 0.6 is 10.7 Å². The van der Waals surface area contributed by atoms with Gasteiger partial charge < -0.3 is 10.1 Å². The maximum absolute atomic E-state index is 12.1. The predicted octanol–water partition coefficient (Wildman–Crippen LogP) is 1.91. The number of amides is 1. The number of benzene rings is 1. The number of rotatable bonds is 4. The number of methoxy groups -OCH3 is 1. The molecule has 7 heteroatoms. The van der Waals surface area contributed by atoms with Gasteiger partial charge in [0, 0.05) is 23.4 Å².